The molecule has 0 spiro atoms. The molecule has 0 unspecified atom stereocenters. The number of nitrogens with one attached hydrogen (secondary N) is 5. The van der Waals surface area contributed by atoms with Gasteiger partial charge in [-0.3, -0.25) is 24.0 Å². The van der Waals surface area contributed by atoms with Gasteiger partial charge in [-0.2, -0.15) is 11.3 Å². The van der Waals surface area contributed by atoms with Crippen LogP contribution in [0.4, 0.5) is 5.69 Å². The molecule has 5 amide bonds. The SMILES string of the molecule is O=C(O)[C@@H]1Cc2ccc(cc2)NC(=O)[C@H](O)[C@@H](O)C(=O)N[C@H](Cc2ccsc2)C(=O)N[C@@H](Cc2ccc(-c3ccccc3)cc2)C(=O)N[C@H](Cc2ccccc2)C(=O)N1. The minimum Gasteiger partial charge on any atom is -0.480 e. The van der Waals surface area contributed by atoms with E-state index in [-0.39, 0.29) is 31.4 Å². The molecule has 0 aliphatic carbocycles. The van der Waals surface area contributed by atoms with E-state index in [1.165, 1.54) is 35.6 Å². The molecule has 0 saturated heterocycles. The van der Waals surface area contributed by atoms with E-state index >= 15 is 0 Å². The lowest BCUT2D eigenvalue weighted by Gasteiger charge is -2.27. The fraction of sp³-hybridized carbons (Fsp3) is 0.227. The number of benzene rings is 4. The fourth-order valence-electron chi connectivity index (χ4n) is 6.56. The van der Waals surface area contributed by atoms with Crippen molar-refractivity contribution >= 4 is 52.5 Å². The number of fused-ring (bicyclic) bond motifs is 18. The topological polar surface area (TPSA) is 223 Å². The minimum atomic E-state index is -2.30. The molecule has 3 heterocycles. The molecule has 304 valence electrons. The zero-order valence-electron chi connectivity index (χ0n) is 31.6. The maximum atomic E-state index is 14.4. The van der Waals surface area contributed by atoms with Gasteiger partial charge in [0.15, 0.2) is 12.2 Å². The van der Waals surface area contributed by atoms with Crippen LogP contribution in [0.15, 0.2) is 126 Å². The van der Waals surface area contributed by atoms with Crippen LogP contribution in [0, 0.1) is 0 Å². The summed E-state index contributed by atoms with van der Waals surface area (Å²) >= 11 is 1.34. The Labute approximate surface area is 343 Å². The first-order valence-electron chi connectivity index (χ1n) is 18.8. The number of hydrogen-bond donors (Lipinski definition) is 8. The second-order valence-electron chi connectivity index (χ2n) is 14.2. The van der Waals surface area contributed by atoms with Gasteiger partial charge in [-0.25, -0.2) is 4.79 Å². The molecule has 7 rings (SSSR count). The highest BCUT2D eigenvalue weighted by Gasteiger charge is 2.35. The predicted octanol–water partition coefficient (Wildman–Crippen LogP) is 2.38. The van der Waals surface area contributed by atoms with E-state index in [4.69, 9.17) is 0 Å². The third-order valence-electron chi connectivity index (χ3n) is 9.81. The smallest absolute Gasteiger partial charge is 0.326 e. The molecule has 59 heavy (non-hydrogen) atoms. The van der Waals surface area contributed by atoms with Gasteiger partial charge in [0.25, 0.3) is 11.8 Å². The number of rotatable bonds is 8. The lowest BCUT2D eigenvalue weighted by atomic mass is 9.98. The second kappa shape index (κ2) is 19.7. The first-order chi connectivity index (χ1) is 28.4. The molecular weight excluding hydrogens is 775 g/mol. The number of aliphatic carboxylic acids is 1. The van der Waals surface area contributed by atoms with Crippen LogP contribution in [-0.2, 0) is 54.5 Å². The molecular formula is C44H43N5O9S. The standard InChI is InChI=1S/C44H43N5O9S/c50-37-38(51)43(56)48-35(24-29-19-20-59-25-29)40(53)47-34(22-27-11-15-31(16-12-27)30-9-5-2-6-10-30)39(52)46-33(21-26-7-3-1-4-8-26)41(54)49-36(44(57)58)23-28-13-17-32(18-14-28)45-42(37)55/h1-20,25,33-38,50-51H,21-24H2,(H,45,55)(H,46,52)(H,47,53)(H,48,56)(H,49,54)(H,57,58)/t33-,34+,35-,36+,37-,38-/m1/s1. The lowest BCUT2D eigenvalue weighted by molar-refractivity contribution is -0.145. The first kappa shape index (κ1) is 41.9. The van der Waals surface area contributed by atoms with Crippen LogP contribution in [0.25, 0.3) is 11.1 Å². The molecule has 5 aromatic rings. The van der Waals surface area contributed by atoms with Crippen molar-refractivity contribution in [2.45, 2.75) is 62.1 Å². The van der Waals surface area contributed by atoms with E-state index in [2.05, 4.69) is 26.6 Å². The van der Waals surface area contributed by atoms with E-state index in [0.29, 0.717) is 22.3 Å². The Balaban J connectivity index is 1.37. The summed E-state index contributed by atoms with van der Waals surface area (Å²) < 4.78 is 0. The summed E-state index contributed by atoms with van der Waals surface area (Å²) in [6, 6.07) is 27.9. The summed E-state index contributed by atoms with van der Waals surface area (Å²) in [4.78, 5) is 81.3. The van der Waals surface area contributed by atoms with Crippen molar-refractivity contribution in [2.24, 2.45) is 0 Å². The van der Waals surface area contributed by atoms with Gasteiger partial charge in [0.05, 0.1) is 0 Å². The summed E-state index contributed by atoms with van der Waals surface area (Å²) in [5, 5.41) is 48.0. The molecule has 2 aliphatic rings. The zero-order chi connectivity index (χ0) is 41.9. The van der Waals surface area contributed by atoms with Crippen molar-refractivity contribution in [3.63, 3.8) is 0 Å². The molecule has 4 aromatic carbocycles. The molecule has 2 bridgehead atoms. The third kappa shape index (κ3) is 11.5. The lowest BCUT2D eigenvalue weighted by Crippen LogP contribution is -2.60. The number of carboxylic acids is 1. The van der Waals surface area contributed by atoms with Crippen molar-refractivity contribution in [3.8, 4) is 11.1 Å². The second-order valence-corrected chi connectivity index (χ2v) is 14.9. The van der Waals surface area contributed by atoms with Crippen molar-refractivity contribution < 1.29 is 44.1 Å². The summed E-state index contributed by atoms with van der Waals surface area (Å²) in [5.74, 6) is -6.08. The van der Waals surface area contributed by atoms with E-state index in [0.717, 1.165) is 11.1 Å². The van der Waals surface area contributed by atoms with E-state index in [1.807, 2.05) is 42.5 Å². The molecule has 1 aromatic heterocycles. The number of aliphatic hydroxyl groups excluding tert-OH is 2. The van der Waals surface area contributed by atoms with Gasteiger partial charge >= 0.3 is 5.97 Å². The van der Waals surface area contributed by atoms with Gasteiger partial charge < -0.3 is 41.9 Å². The molecule has 0 radical (unpaired) electrons. The van der Waals surface area contributed by atoms with Gasteiger partial charge in [0.2, 0.25) is 17.7 Å². The molecule has 2 aliphatic heterocycles. The summed E-state index contributed by atoms with van der Waals surface area (Å²) in [5.41, 5.74) is 4.44. The van der Waals surface area contributed by atoms with Crippen molar-refractivity contribution in [1.29, 1.82) is 0 Å². The molecule has 0 fully saturated rings. The minimum absolute atomic E-state index is 0.0252. The van der Waals surface area contributed by atoms with Crippen molar-refractivity contribution in [3.05, 3.63) is 148 Å². The van der Waals surface area contributed by atoms with Gasteiger partial charge in [-0.05, 0) is 62.3 Å². The van der Waals surface area contributed by atoms with Gasteiger partial charge in [-0.15, -0.1) is 0 Å². The van der Waals surface area contributed by atoms with Crippen LogP contribution < -0.4 is 26.6 Å². The third-order valence-corrected chi connectivity index (χ3v) is 10.5. The van der Waals surface area contributed by atoms with Crippen molar-refractivity contribution in [2.75, 3.05) is 5.32 Å². The Morgan fingerprint density at radius 3 is 1.59 bits per heavy atom. The van der Waals surface area contributed by atoms with Crippen LogP contribution >= 0.6 is 11.3 Å². The Morgan fingerprint density at radius 2 is 1.03 bits per heavy atom. The molecule has 8 N–H and O–H groups in total. The number of aliphatic hydroxyl groups is 2. The van der Waals surface area contributed by atoms with Crippen LogP contribution in [0.3, 0.4) is 0 Å². The van der Waals surface area contributed by atoms with Crippen LogP contribution in [0.5, 0.6) is 0 Å². The van der Waals surface area contributed by atoms with Crippen LogP contribution in [-0.4, -0.2) is 87.2 Å². The van der Waals surface area contributed by atoms with Gasteiger partial charge in [0, 0.05) is 31.4 Å². The van der Waals surface area contributed by atoms with Gasteiger partial charge in [0.1, 0.15) is 24.2 Å². The maximum absolute atomic E-state index is 14.4. The van der Waals surface area contributed by atoms with E-state index in [9.17, 15) is 44.1 Å². The summed E-state index contributed by atoms with van der Waals surface area (Å²) in [6.07, 6.45) is -4.90. The Morgan fingerprint density at radius 1 is 0.542 bits per heavy atom. The summed E-state index contributed by atoms with van der Waals surface area (Å²) in [7, 11) is 0. The highest BCUT2D eigenvalue weighted by Crippen LogP contribution is 2.21. The molecule has 14 nitrogen and oxygen atoms in total. The van der Waals surface area contributed by atoms with E-state index < -0.39 is 71.9 Å². The molecule has 6 atom stereocenters. The van der Waals surface area contributed by atoms with Gasteiger partial charge in [-0.1, -0.05) is 97.1 Å². The number of carbonyl (C=O) groups is 6. The molecule has 0 saturated carbocycles. The fourth-order valence-corrected chi connectivity index (χ4v) is 7.24. The average Bonchev–Trinajstić information content (AvgIpc) is 3.76. The summed E-state index contributed by atoms with van der Waals surface area (Å²) in [6.45, 7) is 0. The first-order valence-corrected chi connectivity index (χ1v) is 19.8. The maximum Gasteiger partial charge on any atom is 0.326 e. The average molecular weight is 818 g/mol. The number of anilines is 1. The highest BCUT2D eigenvalue weighted by atomic mass is 32.1. The van der Waals surface area contributed by atoms with Crippen LogP contribution in [0.1, 0.15) is 22.3 Å². The number of amides is 5. The monoisotopic (exact) mass is 817 g/mol. The highest BCUT2D eigenvalue weighted by molar-refractivity contribution is 7.07. The quantitative estimate of drug-likeness (QED) is 0.108. The Bertz CT molecular complexity index is 2240. The zero-order valence-corrected chi connectivity index (χ0v) is 32.4. The Hall–Kier alpha value is -6.68. The Kier molecular flexibility index (Phi) is 14.0. The number of carbonyl (C=O) groups excluding carboxylic acids is 5. The number of hydrogen-bond acceptors (Lipinski definition) is 9. The number of carboxylic acid groups (broad SMARTS) is 1. The predicted molar refractivity (Wildman–Crippen MR) is 220 cm³/mol. The van der Waals surface area contributed by atoms with E-state index in [1.54, 1.807) is 59.3 Å². The van der Waals surface area contributed by atoms with Crippen LogP contribution in [0.2, 0.25) is 0 Å². The molecule has 15 heteroatoms. The van der Waals surface area contributed by atoms with Crippen molar-refractivity contribution in [1.82, 2.24) is 21.3 Å². The largest absolute Gasteiger partial charge is 0.480 e. The number of thiophene rings is 1. The normalized spacial score (nSPS) is 22.2.